The van der Waals surface area contributed by atoms with E-state index < -0.39 is 0 Å². The number of rotatable bonds is 6. The van der Waals surface area contributed by atoms with E-state index >= 15 is 0 Å². The first-order chi connectivity index (χ1) is 8.03. The summed E-state index contributed by atoms with van der Waals surface area (Å²) in [5, 5.41) is 3.68. The van der Waals surface area contributed by atoms with Gasteiger partial charge in [-0.3, -0.25) is 0 Å². The van der Waals surface area contributed by atoms with Gasteiger partial charge in [-0.2, -0.15) is 0 Å². The Hall–Kier alpha value is -0.0800. The fourth-order valence-corrected chi connectivity index (χ4v) is 2.86. The molecule has 0 radical (unpaired) electrons. The molecule has 0 aliphatic heterocycles. The molecule has 1 aliphatic rings. The quantitative estimate of drug-likeness (QED) is 0.717. The Morgan fingerprint density at radius 3 is 2.35 bits per heavy atom. The second-order valence-corrected chi connectivity index (χ2v) is 6.57. The van der Waals surface area contributed by atoms with Gasteiger partial charge in [0.1, 0.15) is 0 Å². The van der Waals surface area contributed by atoms with Crippen molar-refractivity contribution in [3.05, 3.63) is 0 Å². The summed E-state index contributed by atoms with van der Waals surface area (Å²) in [7, 11) is 1.81. The van der Waals surface area contributed by atoms with E-state index in [1.54, 1.807) is 7.11 Å². The van der Waals surface area contributed by atoms with Gasteiger partial charge in [-0.05, 0) is 58.4 Å². The Morgan fingerprint density at radius 2 is 1.76 bits per heavy atom. The maximum atomic E-state index is 5.17. The lowest BCUT2D eigenvalue weighted by Crippen LogP contribution is -2.41. The molecule has 2 heteroatoms. The number of nitrogens with one attached hydrogen (secondary N) is 1. The maximum absolute atomic E-state index is 5.17. The predicted octanol–water partition coefficient (Wildman–Crippen LogP) is 3.61. The van der Waals surface area contributed by atoms with Crippen LogP contribution in [0.3, 0.4) is 0 Å². The van der Waals surface area contributed by atoms with Crippen LogP contribution in [0, 0.1) is 11.8 Å². The first-order valence-corrected chi connectivity index (χ1v) is 7.27. The van der Waals surface area contributed by atoms with Crippen molar-refractivity contribution in [2.24, 2.45) is 11.8 Å². The van der Waals surface area contributed by atoms with Crippen molar-refractivity contribution < 1.29 is 4.74 Å². The smallest absolute Gasteiger partial charge is 0.0462 e. The molecule has 1 N–H and O–H groups in total. The van der Waals surface area contributed by atoms with Crippen molar-refractivity contribution in [3.8, 4) is 0 Å². The van der Waals surface area contributed by atoms with Crippen molar-refractivity contribution in [3.63, 3.8) is 0 Å². The standard InChI is InChI=1S/C15H31NO/c1-15(2,3)16-12-14-9-6-5-8-13(14)10-7-11-17-4/h13-14,16H,5-12H2,1-4H3. The summed E-state index contributed by atoms with van der Waals surface area (Å²) in [6.45, 7) is 8.90. The molecule has 0 aromatic rings. The number of hydrogen-bond donors (Lipinski definition) is 1. The van der Waals surface area contributed by atoms with E-state index in [4.69, 9.17) is 4.74 Å². The van der Waals surface area contributed by atoms with Crippen LogP contribution in [0.5, 0.6) is 0 Å². The second-order valence-electron chi connectivity index (χ2n) is 6.57. The van der Waals surface area contributed by atoms with Gasteiger partial charge in [-0.15, -0.1) is 0 Å². The normalized spacial score (nSPS) is 26.1. The second kappa shape index (κ2) is 7.38. The van der Waals surface area contributed by atoms with Gasteiger partial charge in [-0.1, -0.05) is 19.3 Å². The van der Waals surface area contributed by atoms with Crippen LogP contribution >= 0.6 is 0 Å². The molecular formula is C15H31NO. The number of ether oxygens (including phenoxy) is 1. The fraction of sp³-hybridized carbons (Fsp3) is 1.00. The third kappa shape index (κ3) is 6.42. The molecule has 2 unspecified atom stereocenters. The van der Waals surface area contributed by atoms with Gasteiger partial charge in [0.05, 0.1) is 0 Å². The van der Waals surface area contributed by atoms with E-state index in [2.05, 4.69) is 26.1 Å². The molecule has 2 nitrogen and oxygen atoms in total. The summed E-state index contributed by atoms with van der Waals surface area (Å²) in [5.41, 5.74) is 0.258. The van der Waals surface area contributed by atoms with Crippen molar-refractivity contribution in [1.29, 1.82) is 0 Å². The molecule has 0 amide bonds. The Labute approximate surface area is 108 Å². The fourth-order valence-electron chi connectivity index (χ4n) is 2.86. The van der Waals surface area contributed by atoms with E-state index in [0.29, 0.717) is 0 Å². The van der Waals surface area contributed by atoms with Crippen molar-refractivity contribution >= 4 is 0 Å². The molecule has 102 valence electrons. The van der Waals surface area contributed by atoms with Crippen LogP contribution in [0.15, 0.2) is 0 Å². The molecule has 2 atom stereocenters. The third-order valence-electron chi connectivity index (χ3n) is 3.88. The van der Waals surface area contributed by atoms with Crippen LogP contribution in [0.25, 0.3) is 0 Å². The summed E-state index contributed by atoms with van der Waals surface area (Å²) < 4.78 is 5.17. The lowest BCUT2D eigenvalue weighted by Gasteiger charge is -2.34. The van der Waals surface area contributed by atoms with Gasteiger partial charge in [0.15, 0.2) is 0 Å². The van der Waals surface area contributed by atoms with Gasteiger partial charge in [0.2, 0.25) is 0 Å². The summed E-state index contributed by atoms with van der Waals surface area (Å²) >= 11 is 0. The minimum Gasteiger partial charge on any atom is -0.385 e. The van der Waals surface area contributed by atoms with Gasteiger partial charge < -0.3 is 10.1 Å². The highest BCUT2D eigenvalue weighted by Crippen LogP contribution is 2.33. The highest BCUT2D eigenvalue weighted by molar-refractivity contribution is 4.80. The Balaban J connectivity index is 2.31. The molecular weight excluding hydrogens is 210 g/mol. The average molecular weight is 241 g/mol. The van der Waals surface area contributed by atoms with Crippen molar-refractivity contribution in [1.82, 2.24) is 5.32 Å². The Bertz CT molecular complexity index is 198. The van der Waals surface area contributed by atoms with Crippen LogP contribution in [-0.2, 0) is 4.74 Å². The summed E-state index contributed by atoms with van der Waals surface area (Å²) in [4.78, 5) is 0. The zero-order valence-electron chi connectivity index (χ0n) is 12.2. The van der Waals surface area contributed by atoms with E-state index in [1.165, 1.54) is 45.1 Å². The van der Waals surface area contributed by atoms with Gasteiger partial charge in [0, 0.05) is 19.3 Å². The van der Waals surface area contributed by atoms with Crippen LogP contribution in [-0.4, -0.2) is 25.8 Å². The molecule has 0 bridgehead atoms. The molecule has 1 rings (SSSR count). The minimum absolute atomic E-state index is 0.258. The summed E-state index contributed by atoms with van der Waals surface area (Å²) in [6, 6.07) is 0. The predicted molar refractivity (Wildman–Crippen MR) is 74.3 cm³/mol. The van der Waals surface area contributed by atoms with E-state index in [9.17, 15) is 0 Å². The van der Waals surface area contributed by atoms with Gasteiger partial charge in [0.25, 0.3) is 0 Å². The monoisotopic (exact) mass is 241 g/mol. The zero-order chi connectivity index (χ0) is 12.7. The lowest BCUT2D eigenvalue weighted by atomic mass is 9.76. The van der Waals surface area contributed by atoms with Gasteiger partial charge >= 0.3 is 0 Å². The largest absolute Gasteiger partial charge is 0.385 e. The molecule has 17 heavy (non-hydrogen) atoms. The summed E-state index contributed by atoms with van der Waals surface area (Å²) in [6.07, 6.45) is 8.29. The first kappa shape index (κ1) is 15.0. The Kier molecular flexibility index (Phi) is 6.50. The van der Waals surface area contributed by atoms with E-state index in [-0.39, 0.29) is 5.54 Å². The maximum Gasteiger partial charge on any atom is 0.0462 e. The van der Waals surface area contributed by atoms with Crippen LogP contribution < -0.4 is 5.32 Å². The van der Waals surface area contributed by atoms with Crippen LogP contribution in [0.4, 0.5) is 0 Å². The molecule has 0 aromatic heterocycles. The Morgan fingerprint density at radius 1 is 1.12 bits per heavy atom. The average Bonchev–Trinajstić information content (AvgIpc) is 2.27. The molecule has 0 heterocycles. The molecule has 0 aromatic carbocycles. The lowest BCUT2D eigenvalue weighted by molar-refractivity contribution is 0.159. The number of methoxy groups -OCH3 is 1. The van der Waals surface area contributed by atoms with E-state index in [1.807, 2.05) is 0 Å². The highest BCUT2D eigenvalue weighted by Gasteiger charge is 2.25. The van der Waals surface area contributed by atoms with Crippen molar-refractivity contribution in [2.75, 3.05) is 20.3 Å². The van der Waals surface area contributed by atoms with Crippen molar-refractivity contribution in [2.45, 2.75) is 64.8 Å². The molecule has 1 saturated carbocycles. The number of hydrogen-bond acceptors (Lipinski definition) is 2. The zero-order valence-corrected chi connectivity index (χ0v) is 12.2. The first-order valence-electron chi connectivity index (χ1n) is 7.27. The summed E-state index contributed by atoms with van der Waals surface area (Å²) in [5.74, 6) is 1.81. The minimum atomic E-state index is 0.258. The highest BCUT2D eigenvalue weighted by atomic mass is 16.5. The van der Waals surface area contributed by atoms with E-state index in [0.717, 1.165) is 18.4 Å². The molecule has 1 aliphatic carbocycles. The van der Waals surface area contributed by atoms with Gasteiger partial charge in [-0.25, -0.2) is 0 Å². The SMILES string of the molecule is COCCCC1CCCCC1CNC(C)(C)C. The molecule has 1 fully saturated rings. The molecule has 0 saturated heterocycles. The third-order valence-corrected chi connectivity index (χ3v) is 3.88. The van der Waals surface area contributed by atoms with Crippen LogP contribution in [0.1, 0.15) is 59.3 Å². The molecule has 0 spiro atoms. The van der Waals surface area contributed by atoms with Crippen LogP contribution in [0.2, 0.25) is 0 Å². The topological polar surface area (TPSA) is 21.3 Å².